The second-order valence-electron chi connectivity index (χ2n) is 17.6. The lowest BCUT2D eigenvalue weighted by atomic mass is 9.87. The summed E-state index contributed by atoms with van der Waals surface area (Å²) < 4.78 is 23.9. The monoisotopic (exact) mass is 701 g/mol. The van der Waals surface area contributed by atoms with E-state index in [9.17, 15) is 0 Å². The lowest BCUT2D eigenvalue weighted by Gasteiger charge is -2.24. The van der Waals surface area contributed by atoms with Gasteiger partial charge in [-0.2, -0.15) is 0 Å². The smallest absolute Gasteiger partial charge is 0.163 e. The molecule has 1 aliphatic heterocycles. The molecule has 3 aliphatic rings. The van der Waals surface area contributed by atoms with E-state index < -0.39 is 13.9 Å². The third kappa shape index (κ3) is 7.97. The van der Waals surface area contributed by atoms with E-state index in [1.165, 1.54) is 30.0 Å². The van der Waals surface area contributed by atoms with Gasteiger partial charge in [-0.1, -0.05) is 46.5 Å². The van der Waals surface area contributed by atoms with Crippen LogP contribution in [0.3, 0.4) is 0 Å². The first kappa shape index (κ1) is 35.6. The van der Waals surface area contributed by atoms with Crippen molar-refractivity contribution in [2.24, 2.45) is 5.92 Å². The summed E-state index contributed by atoms with van der Waals surface area (Å²) in [5.74, 6) is 1.82. The van der Waals surface area contributed by atoms with Gasteiger partial charge < -0.3 is 34.0 Å². The molecule has 0 bridgehead atoms. The van der Waals surface area contributed by atoms with Gasteiger partial charge in [0.1, 0.15) is 36.5 Å². The molecule has 2 saturated carbocycles. The Hall–Kier alpha value is -2.83. The number of benzene rings is 1. The van der Waals surface area contributed by atoms with Crippen molar-refractivity contribution in [2.75, 3.05) is 25.0 Å². The maximum absolute atomic E-state index is 6.55. The van der Waals surface area contributed by atoms with Gasteiger partial charge in [-0.25, -0.2) is 15.0 Å². The van der Waals surface area contributed by atoms with Crippen LogP contribution >= 0.6 is 0 Å². The standard InChI is InChI=1S/C39H59N7O3Si/c1-38(2,3)27-12-15-31-30(22-27)44-33(46(31)25-47-19-20-50(6,7)8)11-9-10-17-40-23-26-21-32(35-34(26)48-39(4,5)49-35)45-18-16-29-36(43-28-13-14-28)41-24-42-37(29)45/h12,15-16,18,22,24,26,28,32,34-35,40H,9-11,13-14,17,19-21,23,25H2,1-8H3,(H,41,42,43)/t26-,32-,34-,35+/m1/s1. The maximum atomic E-state index is 6.55. The minimum absolute atomic E-state index is 0.0121. The van der Waals surface area contributed by atoms with Crippen LogP contribution < -0.4 is 10.6 Å². The molecule has 0 amide bonds. The van der Waals surface area contributed by atoms with Gasteiger partial charge >= 0.3 is 0 Å². The minimum atomic E-state index is -1.15. The molecule has 10 nitrogen and oxygen atoms in total. The van der Waals surface area contributed by atoms with Crippen LogP contribution in [-0.2, 0) is 32.8 Å². The molecule has 272 valence electrons. The number of rotatable bonds is 15. The lowest BCUT2D eigenvalue weighted by Crippen LogP contribution is -2.33. The van der Waals surface area contributed by atoms with Crippen LogP contribution in [-0.4, -0.2) is 75.9 Å². The Labute approximate surface area is 299 Å². The van der Waals surface area contributed by atoms with Crippen LogP contribution in [0.1, 0.15) is 84.2 Å². The number of imidazole rings is 1. The molecular formula is C39H59N7O3Si. The largest absolute Gasteiger partial charge is 0.367 e. The van der Waals surface area contributed by atoms with E-state index in [1.807, 2.05) is 13.8 Å². The van der Waals surface area contributed by atoms with Crippen molar-refractivity contribution < 1.29 is 14.2 Å². The van der Waals surface area contributed by atoms with Crippen molar-refractivity contribution in [3.05, 3.63) is 48.2 Å². The van der Waals surface area contributed by atoms with E-state index >= 15 is 0 Å². The quantitative estimate of drug-likeness (QED) is 0.0963. The predicted octanol–water partition coefficient (Wildman–Crippen LogP) is 7.66. The molecule has 0 unspecified atom stereocenters. The molecule has 3 fully saturated rings. The highest BCUT2D eigenvalue weighted by Crippen LogP contribution is 2.47. The number of nitrogens with one attached hydrogen (secondary N) is 2. The van der Waals surface area contributed by atoms with E-state index in [0.29, 0.717) is 18.7 Å². The number of nitrogens with zero attached hydrogens (tertiary/aromatic N) is 5. The lowest BCUT2D eigenvalue weighted by molar-refractivity contribution is -0.160. The number of hydrogen-bond acceptors (Lipinski definition) is 8. The normalized spacial score (nSPS) is 23.7. The van der Waals surface area contributed by atoms with Gasteiger partial charge in [0.25, 0.3) is 0 Å². The number of hydrogen-bond donors (Lipinski definition) is 2. The van der Waals surface area contributed by atoms with Crippen LogP contribution in [0.4, 0.5) is 5.82 Å². The second-order valence-corrected chi connectivity index (χ2v) is 23.3. The van der Waals surface area contributed by atoms with E-state index in [0.717, 1.165) is 73.6 Å². The molecule has 0 spiro atoms. The SMILES string of the molecule is CC1(C)O[C@@H]2[C@@H](CNCCCCc3nc4cc(C(C)(C)C)ccc4n3COCC[Si](C)(C)C)C[C@@H](n3ccc4c(NC5CC5)ncnc43)[C@@H]2O1. The molecule has 1 aromatic carbocycles. The zero-order valence-corrected chi connectivity index (χ0v) is 32.6. The zero-order chi connectivity index (χ0) is 35.3. The summed E-state index contributed by atoms with van der Waals surface area (Å²) in [5.41, 5.74) is 4.61. The number of fused-ring (bicyclic) bond motifs is 3. The Balaban J connectivity index is 0.965. The van der Waals surface area contributed by atoms with Crippen molar-refractivity contribution in [1.82, 2.24) is 29.4 Å². The van der Waals surface area contributed by atoms with E-state index in [-0.39, 0.29) is 23.7 Å². The van der Waals surface area contributed by atoms with Crippen LogP contribution in [0, 0.1) is 5.92 Å². The summed E-state index contributed by atoms with van der Waals surface area (Å²) >= 11 is 0. The van der Waals surface area contributed by atoms with Gasteiger partial charge in [-0.15, -0.1) is 0 Å². The summed E-state index contributed by atoms with van der Waals surface area (Å²) in [6.45, 7) is 21.3. The zero-order valence-electron chi connectivity index (χ0n) is 31.6. The van der Waals surface area contributed by atoms with Gasteiger partial charge in [0.05, 0.1) is 28.6 Å². The number of aryl methyl sites for hydroxylation is 1. The van der Waals surface area contributed by atoms with Crippen molar-refractivity contribution in [2.45, 2.75) is 141 Å². The highest BCUT2D eigenvalue weighted by atomic mass is 28.3. The fourth-order valence-electron chi connectivity index (χ4n) is 7.64. The average molecular weight is 702 g/mol. The molecule has 4 aromatic rings. The Morgan fingerprint density at radius 1 is 1.04 bits per heavy atom. The number of aromatic nitrogens is 5. The van der Waals surface area contributed by atoms with Crippen LogP contribution in [0.25, 0.3) is 22.1 Å². The Bertz CT molecular complexity index is 1780. The minimum Gasteiger partial charge on any atom is -0.367 e. The molecule has 3 aromatic heterocycles. The van der Waals surface area contributed by atoms with Crippen molar-refractivity contribution >= 4 is 36.0 Å². The highest BCUT2D eigenvalue weighted by Gasteiger charge is 2.54. The first-order chi connectivity index (χ1) is 23.8. The van der Waals surface area contributed by atoms with Gasteiger partial charge in [-0.3, -0.25) is 0 Å². The van der Waals surface area contributed by atoms with Crippen LogP contribution in [0.15, 0.2) is 36.8 Å². The fraction of sp³-hybridized carbons (Fsp3) is 0.667. The second kappa shape index (κ2) is 14.0. The summed E-state index contributed by atoms with van der Waals surface area (Å²) in [4.78, 5) is 14.4. The van der Waals surface area contributed by atoms with Crippen molar-refractivity contribution in [1.29, 1.82) is 0 Å². The molecule has 1 saturated heterocycles. The first-order valence-electron chi connectivity index (χ1n) is 19.0. The summed E-state index contributed by atoms with van der Waals surface area (Å²) in [6.07, 6.45) is 10.4. The number of unbranched alkanes of at least 4 members (excludes halogenated alkanes) is 1. The molecule has 4 heterocycles. The Kier molecular flexibility index (Phi) is 9.92. The van der Waals surface area contributed by atoms with E-state index in [2.05, 4.69) is 95.6 Å². The predicted molar refractivity (Wildman–Crippen MR) is 203 cm³/mol. The fourth-order valence-corrected chi connectivity index (χ4v) is 8.40. The molecule has 11 heteroatoms. The van der Waals surface area contributed by atoms with Crippen LogP contribution in [0.5, 0.6) is 0 Å². The van der Waals surface area contributed by atoms with Crippen LogP contribution in [0.2, 0.25) is 25.7 Å². The highest BCUT2D eigenvalue weighted by molar-refractivity contribution is 6.76. The molecule has 4 atom stereocenters. The van der Waals surface area contributed by atoms with Gasteiger partial charge in [0.15, 0.2) is 5.79 Å². The molecule has 2 N–H and O–H groups in total. The van der Waals surface area contributed by atoms with E-state index in [1.54, 1.807) is 6.33 Å². The van der Waals surface area contributed by atoms with E-state index in [4.69, 9.17) is 24.2 Å². The molecular weight excluding hydrogens is 643 g/mol. The maximum Gasteiger partial charge on any atom is 0.163 e. The summed E-state index contributed by atoms with van der Waals surface area (Å²) in [5, 5.41) is 8.45. The average Bonchev–Trinajstić information content (AvgIpc) is 3.34. The summed E-state index contributed by atoms with van der Waals surface area (Å²) in [7, 11) is -1.15. The summed E-state index contributed by atoms with van der Waals surface area (Å²) in [6, 6.07) is 10.8. The van der Waals surface area contributed by atoms with Gasteiger partial charge in [-0.05, 0) is 87.7 Å². The Morgan fingerprint density at radius 3 is 2.60 bits per heavy atom. The van der Waals surface area contributed by atoms with Crippen molar-refractivity contribution in [3.8, 4) is 0 Å². The topological polar surface area (TPSA) is 100 Å². The van der Waals surface area contributed by atoms with Gasteiger partial charge in [0.2, 0.25) is 0 Å². The number of anilines is 1. The molecule has 50 heavy (non-hydrogen) atoms. The number of ether oxygens (including phenoxy) is 3. The molecule has 0 radical (unpaired) electrons. The molecule has 7 rings (SSSR count). The third-order valence-electron chi connectivity index (χ3n) is 10.7. The first-order valence-corrected chi connectivity index (χ1v) is 22.7. The third-order valence-corrected chi connectivity index (χ3v) is 12.4. The Morgan fingerprint density at radius 2 is 1.84 bits per heavy atom. The van der Waals surface area contributed by atoms with Gasteiger partial charge in [0, 0.05) is 45.8 Å². The van der Waals surface area contributed by atoms with Crippen molar-refractivity contribution in [3.63, 3.8) is 0 Å². The molecule has 2 aliphatic carbocycles.